The van der Waals surface area contributed by atoms with Gasteiger partial charge in [0, 0.05) is 17.8 Å². The lowest BCUT2D eigenvalue weighted by atomic mass is 9.43. The minimum atomic E-state index is -1.00. The number of hydrogen-bond acceptors (Lipinski definition) is 3. The first-order valence-corrected chi connectivity index (χ1v) is 13.0. The Morgan fingerprint density at radius 1 is 1.00 bits per heavy atom. The fraction of sp³-hybridized carbons (Fsp3) is 0.857. The van der Waals surface area contributed by atoms with Gasteiger partial charge in [0.2, 0.25) is 0 Å². The molecule has 176 valence electrons. The van der Waals surface area contributed by atoms with Crippen LogP contribution in [0, 0.1) is 40.4 Å². The summed E-state index contributed by atoms with van der Waals surface area (Å²) in [5.74, 6) is 2.19. The Kier molecular flexibility index (Phi) is 6.06. The molecular weight excluding hydrogens is 384 g/mol. The van der Waals surface area contributed by atoms with E-state index in [2.05, 4.69) is 46.8 Å². The minimum absolute atomic E-state index is 0.0653. The van der Waals surface area contributed by atoms with Crippen LogP contribution in [-0.2, 0) is 0 Å². The van der Waals surface area contributed by atoms with Crippen molar-refractivity contribution in [1.82, 2.24) is 0 Å². The van der Waals surface area contributed by atoms with Crippen molar-refractivity contribution in [2.45, 2.75) is 110 Å². The Balaban J connectivity index is 1.59. The van der Waals surface area contributed by atoms with Gasteiger partial charge in [0.1, 0.15) is 0 Å². The Bertz CT molecular complexity index is 730. The van der Waals surface area contributed by atoms with Gasteiger partial charge in [-0.25, -0.2) is 0 Å². The highest BCUT2D eigenvalue weighted by Crippen LogP contribution is 2.68. The summed E-state index contributed by atoms with van der Waals surface area (Å²) in [5.41, 5.74) is -2.07. The van der Waals surface area contributed by atoms with Gasteiger partial charge in [-0.15, -0.1) is 0 Å². The van der Waals surface area contributed by atoms with Crippen LogP contribution < -0.4 is 0 Å². The summed E-state index contributed by atoms with van der Waals surface area (Å²) in [6.07, 6.45) is 16.9. The summed E-state index contributed by atoms with van der Waals surface area (Å²) >= 11 is 0. The van der Waals surface area contributed by atoms with Crippen LogP contribution in [0.2, 0.25) is 0 Å². The summed E-state index contributed by atoms with van der Waals surface area (Å²) in [6.45, 7) is 11.6. The predicted octanol–water partition coefficient (Wildman–Crippen LogP) is 5.64. The zero-order valence-electron chi connectivity index (χ0n) is 20.5. The number of fused-ring (bicyclic) bond motifs is 5. The molecule has 3 fully saturated rings. The van der Waals surface area contributed by atoms with E-state index < -0.39 is 17.3 Å². The largest absolute Gasteiger partial charge is 0.393 e. The summed E-state index contributed by atoms with van der Waals surface area (Å²) in [7, 11) is 0. The second-order valence-corrected chi connectivity index (χ2v) is 12.3. The van der Waals surface area contributed by atoms with Crippen LogP contribution in [0.15, 0.2) is 24.3 Å². The maximum absolute atomic E-state index is 12.2. The highest BCUT2D eigenvalue weighted by molar-refractivity contribution is 5.31. The molecule has 0 radical (unpaired) electrons. The fourth-order valence-electron chi connectivity index (χ4n) is 8.45. The summed E-state index contributed by atoms with van der Waals surface area (Å²) in [5, 5.41) is 34.0. The average molecular weight is 431 g/mol. The van der Waals surface area contributed by atoms with Crippen LogP contribution in [0.5, 0.6) is 0 Å². The summed E-state index contributed by atoms with van der Waals surface area (Å²) in [4.78, 5) is 0. The third kappa shape index (κ3) is 3.49. The molecule has 0 aromatic heterocycles. The van der Waals surface area contributed by atoms with Crippen LogP contribution in [0.1, 0.15) is 92.4 Å². The molecule has 0 bridgehead atoms. The standard InChI is InChI=1S/C28H46O3/c1-6-19(2)8-7-9-20(3)22-10-11-23-25(22,4)14-13-24-26(5)15-12-21(29)18-27(26,30)16-17-28(23,24)31/h7,9,16-17,19-24,29-31H,6,8,10-15,18H2,1-5H3/t19?,20-,21+,22-,23-,24-,25-,26-,27-,28+/m1/s1. The lowest BCUT2D eigenvalue weighted by molar-refractivity contribution is -0.220. The van der Waals surface area contributed by atoms with Gasteiger partial charge in [0.25, 0.3) is 0 Å². The van der Waals surface area contributed by atoms with Crippen molar-refractivity contribution < 1.29 is 15.3 Å². The van der Waals surface area contributed by atoms with Crippen LogP contribution in [0.3, 0.4) is 0 Å². The van der Waals surface area contributed by atoms with E-state index in [0.717, 1.165) is 44.4 Å². The van der Waals surface area contributed by atoms with Gasteiger partial charge < -0.3 is 15.3 Å². The van der Waals surface area contributed by atoms with Crippen molar-refractivity contribution >= 4 is 0 Å². The van der Waals surface area contributed by atoms with E-state index in [9.17, 15) is 15.3 Å². The molecule has 3 N–H and O–H groups in total. The molecule has 0 saturated heterocycles. The molecule has 0 heterocycles. The van der Waals surface area contributed by atoms with Crippen molar-refractivity contribution in [1.29, 1.82) is 0 Å². The van der Waals surface area contributed by atoms with Crippen molar-refractivity contribution in [3.05, 3.63) is 24.3 Å². The van der Waals surface area contributed by atoms with E-state index in [4.69, 9.17) is 0 Å². The number of aliphatic hydroxyl groups is 3. The van der Waals surface area contributed by atoms with Gasteiger partial charge in [-0.05, 0) is 74.0 Å². The molecule has 10 atom stereocenters. The molecule has 0 aromatic rings. The molecule has 0 aromatic carbocycles. The van der Waals surface area contributed by atoms with Crippen LogP contribution >= 0.6 is 0 Å². The predicted molar refractivity (Wildman–Crippen MR) is 126 cm³/mol. The molecule has 1 unspecified atom stereocenters. The van der Waals surface area contributed by atoms with Crippen molar-refractivity contribution in [2.75, 3.05) is 0 Å². The second kappa shape index (κ2) is 7.99. The number of aliphatic hydroxyl groups excluding tert-OH is 1. The third-order valence-electron chi connectivity index (χ3n) is 10.7. The highest BCUT2D eigenvalue weighted by atomic mass is 16.3. The van der Waals surface area contributed by atoms with Crippen LogP contribution in [0.4, 0.5) is 0 Å². The van der Waals surface area contributed by atoms with Gasteiger partial charge in [-0.1, -0.05) is 65.3 Å². The first kappa shape index (κ1) is 23.5. The van der Waals surface area contributed by atoms with E-state index in [1.165, 1.54) is 12.8 Å². The van der Waals surface area contributed by atoms with Gasteiger partial charge in [0.15, 0.2) is 0 Å². The van der Waals surface area contributed by atoms with E-state index in [-0.39, 0.29) is 22.7 Å². The number of allylic oxidation sites excluding steroid dienone is 2. The molecule has 31 heavy (non-hydrogen) atoms. The smallest absolute Gasteiger partial charge is 0.0910 e. The van der Waals surface area contributed by atoms with Crippen LogP contribution in [-0.4, -0.2) is 32.6 Å². The van der Waals surface area contributed by atoms with Crippen molar-refractivity contribution in [3.63, 3.8) is 0 Å². The van der Waals surface area contributed by atoms with E-state index in [1.54, 1.807) is 0 Å². The van der Waals surface area contributed by atoms with Gasteiger partial charge in [-0.2, -0.15) is 0 Å². The van der Waals surface area contributed by atoms with Gasteiger partial charge >= 0.3 is 0 Å². The van der Waals surface area contributed by atoms with E-state index in [0.29, 0.717) is 18.3 Å². The lowest BCUT2D eigenvalue weighted by Crippen LogP contribution is -2.67. The molecule has 4 aliphatic rings. The Labute approximate surface area is 190 Å². The lowest BCUT2D eigenvalue weighted by Gasteiger charge is -2.64. The second-order valence-electron chi connectivity index (χ2n) is 12.3. The Hall–Kier alpha value is -0.640. The van der Waals surface area contributed by atoms with Gasteiger partial charge in [0.05, 0.1) is 17.3 Å². The molecule has 0 spiro atoms. The van der Waals surface area contributed by atoms with Crippen molar-refractivity contribution in [3.8, 4) is 0 Å². The van der Waals surface area contributed by atoms with E-state index in [1.807, 2.05) is 12.2 Å². The molecule has 0 aliphatic heterocycles. The monoisotopic (exact) mass is 430 g/mol. The average Bonchev–Trinajstić information content (AvgIpc) is 3.07. The van der Waals surface area contributed by atoms with Gasteiger partial charge in [-0.3, -0.25) is 0 Å². The molecule has 3 heteroatoms. The topological polar surface area (TPSA) is 60.7 Å². The Morgan fingerprint density at radius 3 is 2.45 bits per heavy atom. The first-order valence-electron chi connectivity index (χ1n) is 13.0. The normalized spacial score (nSPS) is 51.2. The highest BCUT2D eigenvalue weighted by Gasteiger charge is 2.68. The molecule has 3 saturated carbocycles. The minimum Gasteiger partial charge on any atom is -0.393 e. The fourth-order valence-corrected chi connectivity index (χ4v) is 8.45. The zero-order chi connectivity index (χ0) is 22.7. The molecular formula is C28H46O3. The number of hydrogen-bond donors (Lipinski definition) is 3. The van der Waals surface area contributed by atoms with Crippen molar-refractivity contribution in [2.24, 2.45) is 40.4 Å². The molecule has 0 amide bonds. The quantitative estimate of drug-likeness (QED) is 0.495. The molecule has 4 aliphatic carbocycles. The van der Waals surface area contributed by atoms with E-state index >= 15 is 0 Å². The summed E-state index contributed by atoms with van der Waals surface area (Å²) < 4.78 is 0. The molecule has 4 rings (SSSR count). The maximum Gasteiger partial charge on any atom is 0.0910 e. The zero-order valence-corrected chi connectivity index (χ0v) is 20.5. The number of rotatable bonds is 5. The summed E-state index contributed by atoms with van der Waals surface area (Å²) in [6, 6.07) is 0. The maximum atomic E-state index is 12.2. The molecule has 3 nitrogen and oxygen atoms in total. The van der Waals surface area contributed by atoms with Crippen LogP contribution in [0.25, 0.3) is 0 Å². The SMILES string of the molecule is CCC(C)CC=C[C@@H](C)[C@H]1CC[C@H]2[C@@]3(O)C=C[C@@]4(O)C[C@@H](O)CC[C@]4(C)[C@H]3CC[C@]12C. The first-order chi connectivity index (χ1) is 14.5. The third-order valence-corrected chi connectivity index (χ3v) is 10.7. The Morgan fingerprint density at radius 2 is 1.74 bits per heavy atom.